The van der Waals surface area contributed by atoms with Gasteiger partial charge in [-0.15, -0.1) is 20.4 Å². The van der Waals surface area contributed by atoms with Crippen LogP contribution in [0, 0.1) is 12.7 Å². The number of ether oxygens (including phenoxy) is 3. The predicted molar refractivity (Wildman–Crippen MR) is 143 cm³/mol. The number of carbonyl (C=O) groups is 2. The number of anilines is 1. The average molecular weight is 574 g/mol. The maximum absolute atomic E-state index is 13.6. The molecule has 0 aliphatic carbocycles. The number of carbonyl (C=O) groups excluding carboxylic acids is 2. The Labute approximate surface area is 230 Å². The number of aromatic nitrogens is 5. The first-order valence-electron chi connectivity index (χ1n) is 11.3. The molecule has 4 aromatic rings. The molecule has 204 valence electrons. The van der Waals surface area contributed by atoms with Crippen LogP contribution in [0.5, 0.6) is 17.2 Å². The standard InChI is InChI=1S/C24H24FN7O5S2/c1-13-28-30-23(39-13)27-20(33)12-38-24-31-29-19(32(24)16-7-5-15(25)6-8-16)11-26-22(34)14-9-17(35-2)21(37-4)18(10-14)36-3/h5-10H,11-12H2,1-4H3,(H,26,34)(H,27,30,33). The second-order valence-electron chi connectivity index (χ2n) is 7.77. The van der Waals surface area contributed by atoms with Crippen LogP contribution in [0.2, 0.25) is 0 Å². The first-order chi connectivity index (χ1) is 18.8. The summed E-state index contributed by atoms with van der Waals surface area (Å²) in [5.41, 5.74) is 0.830. The van der Waals surface area contributed by atoms with Crippen molar-refractivity contribution in [3.63, 3.8) is 0 Å². The van der Waals surface area contributed by atoms with Gasteiger partial charge in [0, 0.05) is 11.3 Å². The predicted octanol–water partition coefficient (Wildman–Crippen LogP) is 3.25. The number of thioether (sulfide) groups is 1. The third kappa shape index (κ3) is 6.61. The van der Waals surface area contributed by atoms with Crippen molar-refractivity contribution in [1.82, 2.24) is 30.3 Å². The van der Waals surface area contributed by atoms with Crippen molar-refractivity contribution in [3.8, 4) is 22.9 Å². The van der Waals surface area contributed by atoms with Crippen molar-refractivity contribution in [2.75, 3.05) is 32.4 Å². The zero-order chi connectivity index (χ0) is 27.9. The van der Waals surface area contributed by atoms with Crippen LogP contribution in [-0.2, 0) is 11.3 Å². The molecule has 0 saturated carbocycles. The van der Waals surface area contributed by atoms with Gasteiger partial charge < -0.3 is 19.5 Å². The van der Waals surface area contributed by atoms with Gasteiger partial charge in [-0.3, -0.25) is 19.5 Å². The van der Waals surface area contributed by atoms with E-state index in [-0.39, 0.29) is 23.8 Å². The molecule has 39 heavy (non-hydrogen) atoms. The van der Waals surface area contributed by atoms with Gasteiger partial charge in [-0.25, -0.2) is 4.39 Å². The minimum atomic E-state index is -0.427. The van der Waals surface area contributed by atoms with Crippen LogP contribution in [0.4, 0.5) is 9.52 Å². The Kier molecular flexibility index (Phi) is 8.93. The molecule has 2 amide bonds. The Bertz CT molecular complexity index is 1450. The lowest BCUT2D eigenvalue weighted by molar-refractivity contribution is -0.113. The number of benzene rings is 2. The summed E-state index contributed by atoms with van der Waals surface area (Å²) in [6.45, 7) is 1.77. The molecular weight excluding hydrogens is 549 g/mol. The van der Waals surface area contributed by atoms with Crippen LogP contribution in [-0.4, -0.2) is 63.9 Å². The minimum absolute atomic E-state index is 0.00967. The first-order valence-corrected chi connectivity index (χ1v) is 13.1. The number of rotatable bonds is 11. The van der Waals surface area contributed by atoms with Crippen LogP contribution in [0.15, 0.2) is 41.6 Å². The van der Waals surface area contributed by atoms with E-state index in [4.69, 9.17) is 14.2 Å². The minimum Gasteiger partial charge on any atom is -0.493 e. The lowest BCUT2D eigenvalue weighted by Crippen LogP contribution is -2.25. The molecule has 2 aromatic heterocycles. The molecule has 0 aliphatic heterocycles. The molecule has 0 saturated heterocycles. The van der Waals surface area contributed by atoms with Gasteiger partial charge in [0.25, 0.3) is 5.91 Å². The number of amides is 2. The van der Waals surface area contributed by atoms with E-state index in [1.54, 1.807) is 23.6 Å². The highest BCUT2D eigenvalue weighted by Crippen LogP contribution is 2.38. The smallest absolute Gasteiger partial charge is 0.251 e. The maximum Gasteiger partial charge on any atom is 0.251 e. The van der Waals surface area contributed by atoms with Gasteiger partial charge in [0.05, 0.1) is 33.6 Å². The van der Waals surface area contributed by atoms with Crippen LogP contribution < -0.4 is 24.8 Å². The molecule has 0 aliphatic rings. The zero-order valence-corrected chi connectivity index (χ0v) is 23.0. The normalized spacial score (nSPS) is 10.7. The third-order valence-electron chi connectivity index (χ3n) is 5.22. The number of hydrogen-bond donors (Lipinski definition) is 2. The number of nitrogens with zero attached hydrogens (tertiary/aromatic N) is 5. The highest BCUT2D eigenvalue weighted by molar-refractivity contribution is 7.99. The number of nitrogens with one attached hydrogen (secondary N) is 2. The molecule has 0 bridgehead atoms. The summed E-state index contributed by atoms with van der Waals surface area (Å²) in [4.78, 5) is 25.4. The van der Waals surface area contributed by atoms with Gasteiger partial charge in [0.2, 0.25) is 16.8 Å². The molecular formula is C24H24FN7O5S2. The second kappa shape index (κ2) is 12.5. The molecule has 0 fully saturated rings. The molecule has 4 rings (SSSR count). The van der Waals surface area contributed by atoms with E-state index in [2.05, 4.69) is 31.0 Å². The fraction of sp³-hybridized carbons (Fsp3) is 0.250. The lowest BCUT2D eigenvalue weighted by atomic mass is 10.1. The number of methoxy groups -OCH3 is 3. The lowest BCUT2D eigenvalue weighted by Gasteiger charge is -2.14. The fourth-order valence-electron chi connectivity index (χ4n) is 3.46. The van der Waals surface area contributed by atoms with Gasteiger partial charge in [-0.1, -0.05) is 23.1 Å². The molecule has 2 N–H and O–H groups in total. The Morgan fingerprint density at radius 3 is 2.28 bits per heavy atom. The summed E-state index contributed by atoms with van der Waals surface area (Å²) in [5, 5.41) is 23.1. The van der Waals surface area contributed by atoms with E-state index >= 15 is 0 Å². The van der Waals surface area contributed by atoms with Crippen molar-refractivity contribution in [3.05, 3.63) is 58.6 Å². The summed E-state index contributed by atoms with van der Waals surface area (Å²) >= 11 is 2.39. The van der Waals surface area contributed by atoms with Crippen LogP contribution in [0.1, 0.15) is 21.2 Å². The first kappa shape index (κ1) is 27.8. The summed E-state index contributed by atoms with van der Waals surface area (Å²) in [6.07, 6.45) is 0. The van der Waals surface area contributed by atoms with E-state index in [9.17, 15) is 14.0 Å². The van der Waals surface area contributed by atoms with E-state index in [0.29, 0.717) is 39.0 Å². The highest BCUT2D eigenvalue weighted by Gasteiger charge is 2.20. The molecule has 0 unspecified atom stereocenters. The molecule has 2 heterocycles. The fourth-order valence-corrected chi connectivity index (χ4v) is 4.84. The Balaban J connectivity index is 1.53. The summed E-state index contributed by atoms with van der Waals surface area (Å²) in [7, 11) is 4.38. The SMILES string of the molecule is COc1cc(C(=O)NCc2nnc(SCC(=O)Nc3nnc(C)s3)n2-c2ccc(F)cc2)cc(OC)c1OC. The Hall–Kier alpha value is -4.24. The van der Waals surface area contributed by atoms with Crippen molar-refractivity contribution in [2.45, 2.75) is 18.6 Å². The molecule has 2 aromatic carbocycles. The quantitative estimate of drug-likeness (QED) is 0.257. The molecule has 15 heteroatoms. The number of aryl methyl sites for hydroxylation is 1. The van der Waals surface area contributed by atoms with Crippen molar-refractivity contribution >= 4 is 40.0 Å². The van der Waals surface area contributed by atoms with Gasteiger partial charge >= 0.3 is 0 Å². The Morgan fingerprint density at radius 1 is 1.00 bits per heavy atom. The maximum atomic E-state index is 13.6. The number of halogens is 1. The molecule has 12 nitrogen and oxygen atoms in total. The van der Waals surface area contributed by atoms with E-state index in [1.165, 1.54) is 56.9 Å². The monoisotopic (exact) mass is 573 g/mol. The van der Waals surface area contributed by atoms with Crippen molar-refractivity contribution < 1.29 is 28.2 Å². The zero-order valence-electron chi connectivity index (χ0n) is 21.4. The van der Waals surface area contributed by atoms with Crippen LogP contribution in [0.3, 0.4) is 0 Å². The van der Waals surface area contributed by atoms with Gasteiger partial charge in [0.1, 0.15) is 10.8 Å². The molecule has 0 atom stereocenters. The van der Waals surface area contributed by atoms with Gasteiger partial charge in [-0.05, 0) is 43.3 Å². The highest BCUT2D eigenvalue weighted by atomic mass is 32.2. The van der Waals surface area contributed by atoms with E-state index < -0.39 is 11.7 Å². The summed E-state index contributed by atoms with van der Waals surface area (Å²) in [6, 6.07) is 8.76. The summed E-state index contributed by atoms with van der Waals surface area (Å²) in [5.74, 6) is 0.255. The van der Waals surface area contributed by atoms with Gasteiger partial charge in [0.15, 0.2) is 22.5 Å². The van der Waals surface area contributed by atoms with Crippen LogP contribution >= 0.6 is 23.1 Å². The largest absolute Gasteiger partial charge is 0.493 e. The number of hydrogen-bond acceptors (Lipinski definition) is 11. The third-order valence-corrected chi connectivity index (χ3v) is 6.91. The average Bonchev–Trinajstić information content (AvgIpc) is 3.55. The summed E-state index contributed by atoms with van der Waals surface area (Å²) < 4.78 is 31.2. The second-order valence-corrected chi connectivity index (χ2v) is 9.89. The van der Waals surface area contributed by atoms with E-state index in [0.717, 1.165) is 16.8 Å². The molecule has 0 spiro atoms. The van der Waals surface area contributed by atoms with Crippen LogP contribution in [0.25, 0.3) is 5.69 Å². The van der Waals surface area contributed by atoms with Gasteiger partial charge in [-0.2, -0.15) is 0 Å². The van der Waals surface area contributed by atoms with E-state index in [1.807, 2.05) is 0 Å². The molecule has 0 radical (unpaired) electrons. The van der Waals surface area contributed by atoms with Crippen molar-refractivity contribution in [2.24, 2.45) is 0 Å². The topological polar surface area (TPSA) is 142 Å². The van der Waals surface area contributed by atoms with Crippen molar-refractivity contribution in [1.29, 1.82) is 0 Å². The Morgan fingerprint density at radius 2 is 1.69 bits per heavy atom.